The van der Waals surface area contributed by atoms with E-state index in [0.29, 0.717) is 19.0 Å². The summed E-state index contributed by atoms with van der Waals surface area (Å²) in [5, 5.41) is 6.13. The zero-order valence-corrected chi connectivity index (χ0v) is 13.5. The maximum absolute atomic E-state index is 12.7. The molecule has 1 unspecified atom stereocenters. The summed E-state index contributed by atoms with van der Waals surface area (Å²) in [5.41, 5.74) is -0.354. The van der Waals surface area contributed by atoms with Gasteiger partial charge in [0.15, 0.2) is 0 Å². The molecule has 5 nitrogen and oxygen atoms in total. The summed E-state index contributed by atoms with van der Waals surface area (Å²) in [5.74, 6) is 0.684. The van der Waals surface area contributed by atoms with E-state index >= 15 is 0 Å². The molecule has 0 radical (unpaired) electrons. The molecule has 1 atom stereocenters. The van der Waals surface area contributed by atoms with Crippen molar-refractivity contribution in [1.29, 1.82) is 0 Å². The summed E-state index contributed by atoms with van der Waals surface area (Å²) in [6, 6.07) is 0. The Morgan fingerprint density at radius 3 is 2.40 bits per heavy atom. The molecule has 0 aromatic heterocycles. The molecule has 5 heteroatoms. The molecule has 0 spiro atoms. The van der Waals surface area contributed by atoms with Gasteiger partial charge in [0.25, 0.3) is 0 Å². The molecule has 1 aliphatic heterocycles. The van der Waals surface area contributed by atoms with Crippen molar-refractivity contribution in [1.82, 2.24) is 15.5 Å². The van der Waals surface area contributed by atoms with E-state index in [4.69, 9.17) is 0 Å². The number of rotatable bonds is 6. The second-order valence-corrected chi connectivity index (χ2v) is 6.60. The number of nitrogens with one attached hydrogen (secondary N) is 2. The molecule has 1 saturated heterocycles. The lowest BCUT2D eigenvalue weighted by Crippen LogP contribution is -2.49. The van der Waals surface area contributed by atoms with Gasteiger partial charge in [0, 0.05) is 20.1 Å². The molecule has 1 heterocycles. The van der Waals surface area contributed by atoms with Crippen LogP contribution in [0.15, 0.2) is 0 Å². The van der Waals surface area contributed by atoms with E-state index in [1.54, 1.807) is 11.9 Å². The van der Waals surface area contributed by atoms with Gasteiger partial charge < -0.3 is 15.5 Å². The van der Waals surface area contributed by atoms with Crippen LogP contribution in [0.1, 0.15) is 34.1 Å². The molecule has 1 rings (SSSR count). The van der Waals surface area contributed by atoms with Crippen molar-refractivity contribution in [2.24, 2.45) is 17.3 Å². The van der Waals surface area contributed by atoms with E-state index in [0.717, 1.165) is 13.0 Å². The van der Waals surface area contributed by atoms with Crippen LogP contribution in [0.4, 0.5) is 0 Å². The van der Waals surface area contributed by atoms with Gasteiger partial charge in [0.1, 0.15) is 0 Å². The summed E-state index contributed by atoms with van der Waals surface area (Å²) < 4.78 is 0. The molecule has 0 aromatic carbocycles. The van der Waals surface area contributed by atoms with Crippen LogP contribution in [0.2, 0.25) is 0 Å². The number of hydrogen-bond donors (Lipinski definition) is 2. The Morgan fingerprint density at radius 2 is 1.95 bits per heavy atom. The van der Waals surface area contributed by atoms with Crippen molar-refractivity contribution < 1.29 is 9.59 Å². The predicted molar refractivity (Wildman–Crippen MR) is 80.2 cm³/mol. The van der Waals surface area contributed by atoms with Gasteiger partial charge in [-0.05, 0) is 24.8 Å². The Bertz CT molecular complexity index is 347. The molecule has 0 bridgehead atoms. The molecule has 0 saturated carbocycles. The van der Waals surface area contributed by atoms with Gasteiger partial charge >= 0.3 is 0 Å². The molecule has 2 N–H and O–H groups in total. The number of amides is 2. The van der Waals surface area contributed by atoms with Crippen LogP contribution in [0.25, 0.3) is 0 Å². The first kappa shape index (κ1) is 17.0. The van der Waals surface area contributed by atoms with Gasteiger partial charge in [-0.25, -0.2) is 0 Å². The van der Waals surface area contributed by atoms with Crippen LogP contribution in [0.3, 0.4) is 0 Å². The lowest BCUT2D eigenvalue weighted by molar-refractivity contribution is -0.145. The SMILES string of the molecule is CC(C)CNC(=O)CN(C)C(=O)C1(C(C)C)CCNC1. The largest absolute Gasteiger partial charge is 0.354 e. The Morgan fingerprint density at radius 1 is 1.30 bits per heavy atom. The first-order chi connectivity index (χ1) is 9.29. The first-order valence-electron chi connectivity index (χ1n) is 7.52. The Hall–Kier alpha value is -1.10. The third kappa shape index (κ3) is 3.95. The van der Waals surface area contributed by atoms with Crippen molar-refractivity contribution in [3.8, 4) is 0 Å². The van der Waals surface area contributed by atoms with Crippen LogP contribution in [0.5, 0.6) is 0 Å². The molecule has 1 fully saturated rings. The summed E-state index contributed by atoms with van der Waals surface area (Å²) in [6.07, 6.45) is 0.849. The number of nitrogens with zero attached hydrogens (tertiary/aromatic N) is 1. The molecule has 1 aliphatic rings. The highest BCUT2D eigenvalue weighted by molar-refractivity contribution is 5.88. The average Bonchev–Trinajstić information content (AvgIpc) is 2.85. The van der Waals surface area contributed by atoms with Gasteiger partial charge in [0.2, 0.25) is 11.8 Å². The highest BCUT2D eigenvalue weighted by Crippen LogP contribution is 2.35. The van der Waals surface area contributed by atoms with E-state index in [1.165, 1.54) is 0 Å². The summed E-state index contributed by atoms with van der Waals surface area (Å²) >= 11 is 0. The Kier molecular flexibility index (Phi) is 5.99. The number of hydrogen-bond acceptors (Lipinski definition) is 3. The number of carbonyl (C=O) groups is 2. The molecule has 0 aromatic rings. The van der Waals surface area contributed by atoms with Crippen LogP contribution < -0.4 is 10.6 Å². The zero-order chi connectivity index (χ0) is 15.3. The van der Waals surface area contributed by atoms with Crippen molar-refractivity contribution in [2.45, 2.75) is 34.1 Å². The van der Waals surface area contributed by atoms with Crippen molar-refractivity contribution in [3.05, 3.63) is 0 Å². The summed E-state index contributed by atoms with van der Waals surface area (Å²) in [7, 11) is 1.72. The van der Waals surface area contributed by atoms with Gasteiger partial charge in [0.05, 0.1) is 12.0 Å². The minimum Gasteiger partial charge on any atom is -0.354 e. The summed E-state index contributed by atoms with van der Waals surface area (Å²) in [4.78, 5) is 26.1. The molecule has 2 amide bonds. The van der Waals surface area contributed by atoms with Crippen molar-refractivity contribution in [3.63, 3.8) is 0 Å². The fourth-order valence-corrected chi connectivity index (χ4v) is 2.67. The lowest BCUT2D eigenvalue weighted by Gasteiger charge is -2.34. The fraction of sp³-hybridized carbons (Fsp3) is 0.867. The van der Waals surface area contributed by atoms with Gasteiger partial charge in [-0.15, -0.1) is 0 Å². The van der Waals surface area contributed by atoms with Gasteiger partial charge in [-0.2, -0.15) is 0 Å². The van der Waals surface area contributed by atoms with E-state index in [2.05, 4.69) is 24.5 Å². The topological polar surface area (TPSA) is 61.4 Å². The third-order valence-corrected chi connectivity index (χ3v) is 4.15. The Labute approximate surface area is 122 Å². The molecule has 116 valence electrons. The van der Waals surface area contributed by atoms with Gasteiger partial charge in [-0.1, -0.05) is 27.7 Å². The zero-order valence-electron chi connectivity index (χ0n) is 13.5. The predicted octanol–water partition coefficient (Wildman–Crippen LogP) is 0.853. The molecule has 20 heavy (non-hydrogen) atoms. The number of likely N-dealkylation sites (N-methyl/N-ethyl adjacent to an activating group) is 1. The highest BCUT2D eigenvalue weighted by atomic mass is 16.2. The highest BCUT2D eigenvalue weighted by Gasteiger charge is 2.45. The monoisotopic (exact) mass is 283 g/mol. The smallest absolute Gasteiger partial charge is 0.239 e. The Balaban J connectivity index is 2.59. The van der Waals surface area contributed by atoms with E-state index in [9.17, 15) is 9.59 Å². The normalized spacial score (nSPS) is 22.4. The van der Waals surface area contributed by atoms with E-state index in [-0.39, 0.29) is 29.7 Å². The average molecular weight is 283 g/mol. The van der Waals surface area contributed by atoms with E-state index < -0.39 is 0 Å². The number of carbonyl (C=O) groups excluding carboxylic acids is 2. The maximum atomic E-state index is 12.7. The second kappa shape index (κ2) is 7.07. The molecular formula is C15H29N3O2. The third-order valence-electron chi connectivity index (χ3n) is 4.15. The molecule has 0 aliphatic carbocycles. The second-order valence-electron chi connectivity index (χ2n) is 6.60. The quantitative estimate of drug-likeness (QED) is 0.760. The minimum absolute atomic E-state index is 0.0807. The van der Waals surface area contributed by atoms with Crippen LogP contribution in [-0.4, -0.2) is 49.9 Å². The van der Waals surface area contributed by atoms with Gasteiger partial charge in [-0.3, -0.25) is 9.59 Å². The van der Waals surface area contributed by atoms with Crippen LogP contribution in [0, 0.1) is 17.3 Å². The van der Waals surface area contributed by atoms with Crippen LogP contribution in [-0.2, 0) is 9.59 Å². The fourth-order valence-electron chi connectivity index (χ4n) is 2.67. The maximum Gasteiger partial charge on any atom is 0.239 e. The van der Waals surface area contributed by atoms with E-state index in [1.807, 2.05) is 13.8 Å². The van der Waals surface area contributed by atoms with Crippen molar-refractivity contribution >= 4 is 11.8 Å². The van der Waals surface area contributed by atoms with Crippen LogP contribution >= 0.6 is 0 Å². The summed E-state index contributed by atoms with van der Waals surface area (Å²) in [6.45, 7) is 10.6. The standard InChI is InChI=1S/C15H29N3O2/c1-11(2)8-17-13(19)9-18(5)14(20)15(12(3)4)6-7-16-10-15/h11-12,16H,6-10H2,1-5H3,(H,17,19). The molecular weight excluding hydrogens is 254 g/mol. The minimum atomic E-state index is -0.354. The first-order valence-corrected chi connectivity index (χ1v) is 7.52. The van der Waals surface area contributed by atoms with Crippen molar-refractivity contribution in [2.75, 3.05) is 33.2 Å². The lowest BCUT2D eigenvalue weighted by atomic mass is 9.75.